The Labute approximate surface area is 133 Å². The SMILES string of the molecule is Cc1cccc(N(C)C(=O)c2cccc(C)c2I)c1C. The first-order chi connectivity index (χ1) is 9.43. The zero-order chi connectivity index (χ0) is 14.9. The van der Waals surface area contributed by atoms with E-state index in [2.05, 4.69) is 42.5 Å². The van der Waals surface area contributed by atoms with E-state index in [1.54, 1.807) is 4.90 Å². The summed E-state index contributed by atoms with van der Waals surface area (Å²) in [6.45, 7) is 6.14. The number of benzene rings is 2. The maximum atomic E-state index is 12.7. The Kier molecular flexibility index (Phi) is 4.48. The average Bonchev–Trinajstić information content (AvgIpc) is 2.43. The summed E-state index contributed by atoms with van der Waals surface area (Å²) in [5, 5.41) is 0. The third kappa shape index (κ3) is 2.73. The standard InChI is InChI=1S/C17H18INO/c1-11-7-6-10-15(13(11)3)19(4)17(20)14-9-5-8-12(2)16(14)18/h5-10H,1-4H3. The molecular formula is C17H18INO. The first-order valence-corrected chi connectivity index (χ1v) is 7.60. The van der Waals surface area contributed by atoms with Crippen molar-refractivity contribution in [3.05, 3.63) is 62.2 Å². The van der Waals surface area contributed by atoms with Crippen molar-refractivity contribution < 1.29 is 4.79 Å². The zero-order valence-corrected chi connectivity index (χ0v) is 14.4. The van der Waals surface area contributed by atoms with Crippen LogP contribution in [0.1, 0.15) is 27.0 Å². The van der Waals surface area contributed by atoms with Gasteiger partial charge >= 0.3 is 0 Å². The number of carbonyl (C=O) groups is 1. The fourth-order valence-corrected chi connectivity index (χ4v) is 2.79. The second-order valence-electron chi connectivity index (χ2n) is 5.02. The van der Waals surface area contributed by atoms with E-state index in [1.165, 1.54) is 5.56 Å². The third-order valence-corrected chi connectivity index (χ3v) is 5.10. The number of rotatable bonds is 2. The molecule has 0 fully saturated rings. The number of anilines is 1. The van der Waals surface area contributed by atoms with Gasteiger partial charge in [0.05, 0.1) is 5.56 Å². The molecule has 2 nitrogen and oxygen atoms in total. The summed E-state index contributed by atoms with van der Waals surface area (Å²) in [6.07, 6.45) is 0. The van der Waals surface area contributed by atoms with Crippen LogP contribution in [0.25, 0.3) is 0 Å². The van der Waals surface area contributed by atoms with E-state index in [1.807, 2.05) is 44.3 Å². The molecule has 104 valence electrons. The molecule has 0 saturated carbocycles. The van der Waals surface area contributed by atoms with E-state index in [9.17, 15) is 4.79 Å². The minimum Gasteiger partial charge on any atom is -0.311 e. The first kappa shape index (κ1) is 15.0. The number of hydrogen-bond acceptors (Lipinski definition) is 1. The summed E-state index contributed by atoms with van der Waals surface area (Å²) in [6, 6.07) is 11.9. The second-order valence-corrected chi connectivity index (χ2v) is 6.10. The number of amides is 1. The molecule has 0 aliphatic heterocycles. The fraction of sp³-hybridized carbons (Fsp3) is 0.235. The summed E-state index contributed by atoms with van der Waals surface area (Å²) in [5.41, 5.74) is 5.19. The van der Waals surface area contributed by atoms with Gasteiger partial charge in [0.1, 0.15) is 0 Å². The Morgan fingerprint density at radius 1 is 1.00 bits per heavy atom. The van der Waals surface area contributed by atoms with E-state index in [4.69, 9.17) is 0 Å². The van der Waals surface area contributed by atoms with Crippen molar-refractivity contribution in [3.8, 4) is 0 Å². The highest BCUT2D eigenvalue weighted by Gasteiger charge is 2.18. The summed E-state index contributed by atoms with van der Waals surface area (Å²) in [7, 11) is 1.84. The molecule has 2 aromatic carbocycles. The number of carbonyl (C=O) groups excluding carboxylic acids is 1. The molecule has 0 aliphatic carbocycles. The molecule has 0 aromatic heterocycles. The Balaban J connectivity index is 2.43. The normalized spacial score (nSPS) is 10.4. The third-order valence-electron chi connectivity index (χ3n) is 3.66. The Hall–Kier alpha value is -1.36. The lowest BCUT2D eigenvalue weighted by Gasteiger charge is -2.21. The van der Waals surface area contributed by atoms with Crippen LogP contribution in [0.4, 0.5) is 5.69 Å². The van der Waals surface area contributed by atoms with Gasteiger partial charge in [0, 0.05) is 16.3 Å². The zero-order valence-electron chi connectivity index (χ0n) is 12.2. The van der Waals surface area contributed by atoms with Crippen molar-refractivity contribution in [2.75, 3.05) is 11.9 Å². The molecule has 0 atom stereocenters. The van der Waals surface area contributed by atoms with Gasteiger partial charge in [0.15, 0.2) is 0 Å². The van der Waals surface area contributed by atoms with Crippen molar-refractivity contribution in [1.82, 2.24) is 0 Å². The lowest BCUT2D eigenvalue weighted by atomic mass is 10.1. The van der Waals surface area contributed by atoms with Crippen LogP contribution in [0.3, 0.4) is 0 Å². The Morgan fingerprint density at radius 3 is 2.30 bits per heavy atom. The highest BCUT2D eigenvalue weighted by atomic mass is 127. The average molecular weight is 379 g/mol. The maximum Gasteiger partial charge on any atom is 0.259 e. The van der Waals surface area contributed by atoms with Crippen LogP contribution < -0.4 is 4.90 Å². The summed E-state index contributed by atoms with van der Waals surface area (Å²) < 4.78 is 1.02. The van der Waals surface area contributed by atoms with Gasteiger partial charge in [-0.1, -0.05) is 24.3 Å². The van der Waals surface area contributed by atoms with Crippen molar-refractivity contribution in [3.63, 3.8) is 0 Å². The van der Waals surface area contributed by atoms with Crippen LogP contribution in [0.15, 0.2) is 36.4 Å². The van der Waals surface area contributed by atoms with Gasteiger partial charge in [-0.05, 0) is 72.2 Å². The molecule has 1 amide bonds. The first-order valence-electron chi connectivity index (χ1n) is 6.53. The molecule has 2 aromatic rings. The summed E-state index contributed by atoms with van der Waals surface area (Å²) in [4.78, 5) is 14.4. The number of hydrogen-bond donors (Lipinski definition) is 0. The molecule has 0 saturated heterocycles. The van der Waals surface area contributed by atoms with E-state index >= 15 is 0 Å². The van der Waals surface area contributed by atoms with Gasteiger partial charge < -0.3 is 4.90 Å². The molecule has 0 spiro atoms. The van der Waals surface area contributed by atoms with Crippen molar-refractivity contribution >= 4 is 34.2 Å². The Bertz CT molecular complexity index is 664. The Morgan fingerprint density at radius 2 is 1.60 bits per heavy atom. The van der Waals surface area contributed by atoms with Gasteiger partial charge in [-0.25, -0.2) is 0 Å². The minimum atomic E-state index is 0.0341. The topological polar surface area (TPSA) is 20.3 Å². The highest BCUT2D eigenvalue weighted by molar-refractivity contribution is 14.1. The van der Waals surface area contributed by atoms with Crippen LogP contribution in [0, 0.1) is 24.3 Å². The lowest BCUT2D eigenvalue weighted by molar-refractivity contribution is 0.0992. The largest absolute Gasteiger partial charge is 0.311 e. The highest BCUT2D eigenvalue weighted by Crippen LogP contribution is 2.25. The molecular weight excluding hydrogens is 361 g/mol. The van der Waals surface area contributed by atoms with Gasteiger partial charge in [0.2, 0.25) is 0 Å². The van der Waals surface area contributed by atoms with E-state index < -0.39 is 0 Å². The van der Waals surface area contributed by atoms with Crippen molar-refractivity contribution in [1.29, 1.82) is 0 Å². The maximum absolute atomic E-state index is 12.7. The van der Waals surface area contributed by atoms with Crippen molar-refractivity contribution in [2.24, 2.45) is 0 Å². The molecule has 0 bridgehead atoms. The molecule has 0 heterocycles. The smallest absolute Gasteiger partial charge is 0.259 e. The van der Waals surface area contributed by atoms with Gasteiger partial charge in [-0.3, -0.25) is 4.79 Å². The second kappa shape index (κ2) is 5.95. The monoisotopic (exact) mass is 379 g/mol. The van der Waals surface area contributed by atoms with Crippen LogP contribution >= 0.6 is 22.6 Å². The predicted molar refractivity (Wildman–Crippen MR) is 92.5 cm³/mol. The fourth-order valence-electron chi connectivity index (χ4n) is 2.20. The quantitative estimate of drug-likeness (QED) is 0.704. The van der Waals surface area contributed by atoms with Crippen LogP contribution in [-0.4, -0.2) is 13.0 Å². The van der Waals surface area contributed by atoms with Gasteiger partial charge in [-0.2, -0.15) is 0 Å². The number of halogens is 1. The van der Waals surface area contributed by atoms with E-state index in [0.29, 0.717) is 0 Å². The molecule has 3 heteroatoms. The van der Waals surface area contributed by atoms with Gasteiger partial charge in [-0.15, -0.1) is 0 Å². The predicted octanol–water partition coefficient (Wildman–Crippen LogP) is 4.49. The number of aryl methyl sites for hydroxylation is 2. The molecule has 20 heavy (non-hydrogen) atoms. The van der Waals surface area contributed by atoms with Crippen LogP contribution in [0.2, 0.25) is 0 Å². The summed E-state index contributed by atoms with van der Waals surface area (Å²) >= 11 is 2.24. The summed E-state index contributed by atoms with van der Waals surface area (Å²) in [5.74, 6) is 0.0341. The van der Waals surface area contributed by atoms with Crippen LogP contribution in [-0.2, 0) is 0 Å². The van der Waals surface area contributed by atoms with Crippen molar-refractivity contribution in [2.45, 2.75) is 20.8 Å². The van der Waals surface area contributed by atoms with E-state index in [0.717, 1.165) is 25.9 Å². The molecule has 2 rings (SSSR count). The van der Waals surface area contributed by atoms with E-state index in [-0.39, 0.29) is 5.91 Å². The molecule has 0 N–H and O–H groups in total. The van der Waals surface area contributed by atoms with Gasteiger partial charge in [0.25, 0.3) is 5.91 Å². The lowest BCUT2D eigenvalue weighted by Crippen LogP contribution is -2.28. The van der Waals surface area contributed by atoms with Crippen LogP contribution in [0.5, 0.6) is 0 Å². The molecule has 0 radical (unpaired) electrons. The molecule has 0 unspecified atom stereocenters. The number of nitrogens with zero attached hydrogens (tertiary/aromatic N) is 1. The molecule has 0 aliphatic rings. The minimum absolute atomic E-state index is 0.0341.